The molecule has 0 radical (unpaired) electrons. The Labute approximate surface area is 124 Å². The van der Waals surface area contributed by atoms with Gasteiger partial charge in [0, 0.05) is 17.5 Å². The van der Waals surface area contributed by atoms with E-state index in [4.69, 9.17) is 10.00 Å². The Kier molecular flexibility index (Phi) is 4.78. The summed E-state index contributed by atoms with van der Waals surface area (Å²) in [5.74, 6) is 0.630. The van der Waals surface area contributed by atoms with Gasteiger partial charge in [-0.1, -0.05) is 12.1 Å². The molecule has 0 fully saturated rings. The molecule has 2 aromatic rings. The van der Waals surface area contributed by atoms with Gasteiger partial charge in [0.25, 0.3) is 0 Å². The van der Waals surface area contributed by atoms with Gasteiger partial charge in [-0.2, -0.15) is 5.26 Å². The van der Waals surface area contributed by atoms with Crippen molar-refractivity contribution in [2.24, 2.45) is 0 Å². The van der Waals surface area contributed by atoms with E-state index in [1.807, 2.05) is 18.2 Å². The lowest BCUT2D eigenvalue weighted by Crippen LogP contribution is -2.21. The summed E-state index contributed by atoms with van der Waals surface area (Å²) < 4.78 is 5.17. The highest BCUT2D eigenvalue weighted by Crippen LogP contribution is 2.26. The topological polar surface area (TPSA) is 36.3 Å². The van der Waals surface area contributed by atoms with E-state index < -0.39 is 0 Å². The molecule has 2 rings (SSSR count). The van der Waals surface area contributed by atoms with Crippen molar-refractivity contribution >= 4 is 11.3 Å². The van der Waals surface area contributed by atoms with Gasteiger partial charge in [-0.3, -0.25) is 4.90 Å². The Hall–Kier alpha value is -1.83. The van der Waals surface area contributed by atoms with E-state index in [9.17, 15) is 0 Å². The normalized spacial score (nSPS) is 12.2. The van der Waals surface area contributed by atoms with Crippen molar-refractivity contribution in [1.82, 2.24) is 4.90 Å². The molecule has 1 aromatic carbocycles. The maximum Gasteiger partial charge on any atom is 0.136 e. The first kappa shape index (κ1) is 14.6. The molecule has 3 nitrogen and oxygen atoms in total. The minimum absolute atomic E-state index is 0.364. The van der Waals surface area contributed by atoms with Crippen LogP contribution in [0.4, 0.5) is 0 Å². The van der Waals surface area contributed by atoms with Gasteiger partial charge in [0.1, 0.15) is 11.8 Å². The predicted octanol–water partition coefficient (Wildman–Crippen LogP) is 3.82. The molecule has 1 heterocycles. The number of hydrogen-bond acceptors (Lipinski definition) is 4. The second-order valence-electron chi connectivity index (χ2n) is 4.75. The van der Waals surface area contributed by atoms with Gasteiger partial charge in [-0.05, 0) is 43.1 Å². The molecule has 1 aromatic heterocycles. The first-order chi connectivity index (χ1) is 9.65. The van der Waals surface area contributed by atoms with E-state index in [0.29, 0.717) is 17.4 Å². The van der Waals surface area contributed by atoms with Crippen LogP contribution in [-0.2, 0) is 6.54 Å². The zero-order valence-electron chi connectivity index (χ0n) is 12.0. The van der Waals surface area contributed by atoms with E-state index in [2.05, 4.69) is 42.5 Å². The summed E-state index contributed by atoms with van der Waals surface area (Å²) in [5, 5.41) is 11.2. The van der Waals surface area contributed by atoms with Gasteiger partial charge in [-0.15, -0.1) is 11.3 Å². The standard InChI is InChI=1S/C16H18N2OS/c1-12(16-5-4-8-20-16)18(2)11-13-6-7-15(19-3)14(9-13)10-17/h4-9,12H,11H2,1-3H3. The van der Waals surface area contributed by atoms with Gasteiger partial charge in [-0.25, -0.2) is 0 Å². The summed E-state index contributed by atoms with van der Waals surface area (Å²) >= 11 is 1.77. The zero-order chi connectivity index (χ0) is 14.5. The lowest BCUT2D eigenvalue weighted by Gasteiger charge is -2.24. The lowest BCUT2D eigenvalue weighted by atomic mass is 10.1. The van der Waals surface area contributed by atoms with Crippen molar-refractivity contribution in [3.63, 3.8) is 0 Å². The van der Waals surface area contributed by atoms with Gasteiger partial charge < -0.3 is 4.74 Å². The highest BCUT2D eigenvalue weighted by Gasteiger charge is 2.13. The molecule has 0 spiro atoms. The molecule has 0 aliphatic heterocycles. The average Bonchev–Trinajstić information content (AvgIpc) is 3.00. The third-order valence-corrected chi connectivity index (χ3v) is 4.47. The monoisotopic (exact) mass is 286 g/mol. The maximum atomic E-state index is 9.13. The maximum absolute atomic E-state index is 9.13. The molecule has 0 N–H and O–H groups in total. The van der Waals surface area contributed by atoms with Crippen LogP contribution in [0.3, 0.4) is 0 Å². The Bertz CT molecular complexity index is 601. The molecule has 0 amide bonds. The van der Waals surface area contributed by atoms with Gasteiger partial charge in [0.2, 0.25) is 0 Å². The Balaban J connectivity index is 2.12. The van der Waals surface area contributed by atoms with Crippen molar-refractivity contribution < 1.29 is 4.74 Å². The first-order valence-electron chi connectivity index (χ1n) is 6.46. The van der Waals surface area contributed by atoms with Crippen LogP contribution in [0.2, 0.25) is 0 Å². The van der Waals surface area contributed by atoms with Gasteiger partial charge in [0.15, 0.2) is 0 Å². The molecule has 4 heteroatoms. The lowest BCUT2D eigenvalue weighted by molar-refractivity contribution is 0.256. The van der Waals surface area contributed by atoms with Crippen molar-refractivity contribution in [1.29, 1.82) is 5.26 Å². The highest BCUT2D eigenvalue weighted by molar-refractivity contribution is 7.10. The number of benzene rings is 1. The number of hydrogen-bond donors (Lipinski definition) is 0. The summed E-state index contributed by atoms with van der Waals surface area (Å²) in [6.45, 7) is 3.00. The highest BCUT2D eigenvalue weighted by atomic mass is 32.1. The fourth-order valence-electron chi connectivity index (χ4n) is 2.11. The van der Waals surface area contributed by atoms with E-state index in [-0.39, 0.29) is 0 Å². The summed E-state index contributed by atoms with van der Waals surface area (Å²) in [7, 11) is 3.68. The Morgan fingerprint density at radius 1 is 1.40 bits per heavy atom. The van der Waals surface area contributed by atoms with E-state index in [0.717, 1.165) is 12.1 Å². The molecule has 1 atom stereocenters. The van der Waals surface area contributed by atoms with E-state index >= 15 is 0 Å². The summed E-state index contributed by atoms with van der Waals surface area (Å²) in [5.41, 5.74) is 1.70. The fourth-order valence-corrected chi connectivity index (χ4v) is 2.96. The van der Waals surface area contributed by atoms with Crippen LogP contribution in [0, 0.1) is 11.3 Å². The third-order valence-electron chi connectivity index (χ3n) is 3.43. The first-order valence-corrected chi connectivity index (χ1v) is 7.34. The third kappa shape index (κ3) is 3.19. The van der Waals surface area contributed by atoms with Crippen molar-refractivity contribution in [2.75, 3.05) is 14.2 Å². The SMILES string of the molecule is COc1ccc(CN(C)C(C)c2cccs2)cc1C#N. The minimum Gasteiger partial charge on any atom is -0.495 e. The summed E-state index contributed by atoms with van der Waals surface area (Å²) in [6, 6.07) is 12.5. The van der Waals surface area contributed by atoms with Crippen LogP contribution >= 0.6 is 11.3 Å². The quantitative estimate of drug-likeness (QED) is 0.838. The number of nitrogens with zero attached hydrogens (tertiary/aromatic N) is 2. The number of rotatable bonds is 5. The Morgan fingerprint density at radius 3 is 2.80 bits per heavy atom. The molecular formula is C16H18N2OS. The van der Waals surface area contributed by atoms with Crippen LogP contribution in [0.15, 0.2) is 35.7 Å². The smallest absolute Gasteiger partial charge is 0.136 e. The molecule has 20 heavy (non-hydrogen) atoms. The molecule has 1 unspecified atom stereocenters. The number of nitriles is 1. The summed E-state index contributed by atoms with van der Waals surface area (Å²) in [6.07, 6.45) is 0. The molecule has 0 saturated heterocycles. The largest absolute Gasteiger partial charge is 0.495 e. The fraction of sp³-hybridized carbons (Fsp3) is 0.312. The number of methoxy groups -OCH3 is 1. The molecule has 0 saturated carbocycles. The van der Waals surface area contributed by atoms with Crippen LogP contribution in [0.1, 0.15) is 29.0 Å². The van der Waals surface area contributed by atoms with E-state index in [1.165, 1.54) is 4.88 Å². The number of thiophene rings is 1. The summed E-state index contributed by atoms with van der Waals surface area (Å²) in [4.78, 5) is 3.62. The predicted molar refractivity (Wildman–Crippen MR) is 81.9 cm³/mol. The second-order valence-corrected chi connectivity index (χ2v) is 5.73. The number of ether oxygens (including phenoxy) is 1. The minimum atomic E-state index is 0.364. The van der Waals surface area contributed by atoms with Crippen molar-refractivity contribution in [2.45, 2.75) is 19.5 Å². The zero-order valence-corrected chi connectivity index (χ0v) is 12.8. The van der Waals surface area contributed by atoms with Crippen molar-refractivity contribution in [3.05, 3.63) is 51.7 Å². The van der Waals surface area contributed by atoms with Crippen LogP contribution in [0.5, 0.6) is 5.75 Å². The molecule has 0 bridgehead atoms. The van der Waals surface area contributed by atoms with Crippen molar-refractivity contribution in [3.8, 4) is 11.8 Å². The average molecular weight is 286 g/mol. The second kappa shape index (κ2) is 6.56. The van der Waals surface area contributed by atoms with Crippen LogP contribution < -0.4 is 4.74 Å². The molecule has 104 valence electrons. The van der Waals surface area contributed by atoms with Crippen LogP contribution in [-0.4, -0.2) is 19.1 Å². The van der Waals surface area contributed by atoms with Gasteiger partial charge >= 0.3 is 0 Å². The molecule has 0 aliphatic carbocycles. The molecule has 0 aliphatic rings. The van der Waals surface area contributed by atoms with E-state index in [1.54, 1.807) is 18.4 Å². The van der Waals surface area contributed by atoms with Crippen LogP contribution in [0.25, 0.3) is 0 Å². The Morgan fingerprint density at radius 2 is 2.20 bits per heavy atom. The van der Waals surface area contributed by atoms with Gasteiger partial charge in [0.05, 0.1) is 12.7 Å². The molecular weight excluding hydrogens is 268 g/mol.